The van der Waals surface area contributed by atoms with Gasteiger partial charge in [0.05, 0.1) is 0 Å². The van der Waals surface area contributed by atoms with E-state index >= 15 is 0 Å². The first kappa shape index (κ1) is 12.7. The van der Waals surface area contributed by atoms with Crippen LogP contribution >= 0.6 is 0 Å². The molecule has 0 unspecified atom stereocenters. The molecular formula is C18H20N2O. The molecule has 3 heteroatoms. The lowest BCUT2D eigenvalue weighted by molar-refractivity contribution is 0.0651. The van der Waals surface area contributed by atoms with Crippen molar-refractivity contribution in [2.45, 2.75) is 19.3 Å². The largest absolute Gasteiger partial charge is 0.371 e. The van der Waals surface area contributed by atoms with Crippen molar-refractivity contribution >= 4 is 5.91 Å². The SMILES string of the molecule is O=C(c1ccc2c(c1)CCN(C1=CC=C1)CC2)N1CCC1. The number of nitrogens with zero attached hydrogens (tertiary/aromatic N) is 2. The maximum absolute atomic E-state index is 12.3. The number of fused-ring (bicyclic) bond motifs is 1. The Bertz CT molecular complexity index is 641. The molecule has 2 aliphatic heterocycles. The molecule has 1 amide bonds. The first-order chi connectivity index (χ1) is 10.3. The molecule has 0 bridgehead atoms. The van der Waals surface area contributed by atoms with Gasteiger partial charge in [-0.2, -0.15) is 0 Å². The zero-order valence-electron chi connectivity index (χ0n) is 12.2. The number of hydrogen-bond donors (Lipinski definition) is 0. The lowest BCUT2D eigenvalue weighted by atomic mass is 9.99. The Morgan fingerprint density at radius 1 is 1.00 bits per heavy atom. The smallest absolute Gasteiger partial charge is 0.253 e. The second-order valence-corrected chi connectivity index (χ2v) is 6.07. The van der Waals surface area contributed by atoms with Crippen LogP contribution in [0, 0.1) is 0 Å². The summed E-state index contributed by atoms with van der Waals surface area (Å²) in [5.41, 5.74) is 4.97. The maximum atomic E-state index is 12.3. The van der Waals surface area contributed by atoms with Crippen LogP contribution < -0.4 is 0 Å². The van der Waals surface area contributed by atoms with Gasteiger partial charge in [0.15, 0.2) is 0 Å². The zero-order valence-corrected chi connectivity index (χ0v) is 12.2. The molecule has 3 nitrogen and oxygen atoms in total. The van der Waals surface area contributed by atoms with Crippen LogP contribution in [-0.2, 0) is 12.8 Å². The number of carbonyl (C=O) groups excluding carboxylic acids is 1. The number of allylic oxidation sites excluding steroid dienone is 3. The van der Waals surface area contributed by atoms with Crippen molar-refractivity contribution in [3.63, 3.8) is 0 Å². The van der Waals surface area contributed by atoms with Crippen molar-refractivity contribution in [2.75, 3.05) is 26.2 Å². The summed E-state index contributed by atoms with van der Waals surface area (Å²) in [5, 5.41) is 0. The van der Waals surface area contributed by atoms with Gasteiger partial charge < -0.3 is 9.80 Å². The number of rotatable bonds is 2. The molecule has 0 aromatic heterocycles. The van der Waals surface area contributed by atoms with E-state index in [0.717, 1.165) is 51.0 Å². The number of benzene rings is 1. The van der Waals surface area contributed by atoms with Crippen LogP contribution in [0.2, 0.25) is 0 Å². The van der Waals surface area contributed by atoms with Crippen LogP contribution in [0.15, 0.2) is 42.1 Å². The van der Waals surface area contributed by atoms with Gasteiger partial charge in [0, 0.05) is 37.4 Å². The summed E-state index contributed by atoms with van der Waals surface area (Å²) in [5.74, 6) is 0.204. The molecule has 3 aliphatic rings. The normalized spacial score (nSPS) is 20.1. The summed E-state index contributed by atoms with van der Waals surface area (Å²) in [4.78, 5) is 16.7. The van der Waals surface area contributed by atoms with Gasteiger partial charge in [0.1, 0.15) is 0 Å². The van der Waals surface area contributed by atoms with E-state index in [-0.39, 0.29) is 5.91 Å². The molecule has 0 N–H and O–H groups in total. The van der Waals surface area contributed by atoms with E-state index in [4.69, 9.17) is 0 Å². The Balaban J connectivity index is 1.53. The molecule has 4 rings (SSSR count). The highest BCUT2D eigenvalue weighted by Gasteiger charge is 2.23. The van der Waals surface area contributed by atoms with Gasteiger partial charge in [-0.15, -0.1) is 0 Å². The average molecular weight is 280 g/mol. The van der Waals surface area contributed by atoms with Crippen molar-refractivity contribution in [3.8, 4) is 0 Å². The van der Waals surface area contributed by atoms with Crippen molar-refractivity contribution < 1.29 is 4.79 Å². The fourth-order valence-corrected chi connectivity index (χ4v) is 3.21. The third-order valence-corrected chi connectivity index (χ3v) is 4.80. The Morgan fingerprint density at radius 2 is 1.76 bits per heavy atom. The first-order valence-corrected chi connectivity index (χ1v) is 7.86. The third kappa shape index (κ3) is 2.27. The summed E-state index contributed by atoms with van der Waals surface area (Å²) < 4.78 is 0. The van der Waals surface area contributed by atoms with Crippen LogP contribution in [0.3, 0.4) is 0 Å². The molecular weight excluding hydrogens is 260 g/mol. The van der Waals surface area contributed by atoms with E-state index < -0.39 is 0 Å². The standard InChI is InChI=1S/C18H20N2O/c21-18(20-9-2-10-20)16-6-5-14-7-11-19(17-3-1-4-17)12-8-15(14)13-16/h1,3-6,13H,2,7-12H2. The molecule has 21 heavy (non-hydrogen) atoms. The topological polar surface area (TPSA) is 23.6 Å². The average Bonchev–Trinajstić information content (AvgIpc) is 2.57. The van der Waals surface area contributed by atoms with Crippen molar-refractivity contribution in [1.82, 2.24) is 9.80 Å². The molecule has 0 radical (unpaired) electrons. The van der Waals surface area contributed by atoms with E-state index in [1.54, 1.807) is 0 Å². The summed E-state index contributed by atoms with van der Waals surface area (Å²) in [6.45, 7) is 3.96. The minimum absolute atomic E-state index is 0.204. The van der Waals surface area contributed by atoms with Gasteiger partial charge in [0.2, 0.25) is 0 Å². The molecule has 1 saturated heterocycles. The van der Waals surface area contributed by atoms with E-state index in [1.807, 2.05) is 11.0 Å². The molecule has 1 aromatic carbocycles. The van der Waals surface area contributed by atoms with E-state index in [9.17, 15) is 4.79 Å². The molecule has 0 atom stereocenters. The predicted molar refractivity (Wildman–Crippen MR) is 83.2 cm³/mol. The Morgan fingerprint density at radius 3 is 2.38 bits per heavy atom. The number of hydrogen-bond acceptors (Lipinski definition) is 2. The molecule has 2 heterocycles. The van der Waals surface area contributed by atoms with Crippen molar-refractivity contribution in [3.05, 3.63) is 58.8 Å². The van der Waals surface area contributed by atoms with Gasteiger partial charge in [-0.1, -0.05) is 12.1 Å². The van der Waals surface area contributed by atoms with Crippen LogP contribution in [-0.4, -0.2) is 41.9 Å². The fourth-order valence-electron chi connectivity index (χ4n) is 3.21. The molecule has 0 spiro atoms. The van der Waals surface area contributed by atoms with Gasteiger partial charge in [-0.05, 0) is 54.7 Å². The summed E-state index contributed by atoms with van der Waals surface area (Å²) in [7, 11) is 0. The highest BCUT2D eigenvalue weighted by molar-refractivity contribution is 5.95. The predicted octanol–water partition coefficient (Wildman–Crippen LogP) is 2.39. The lowest BCUT2D eigenvalue weighted by Crippen LogP contribution is -2.42. The highest BCUT2D eigenvalue weighted by Crippen LogP contribution is 2.23. The zero-order chi connectivity index (χ0) is 14.2. The van der Waals surface area contributed by atoms with E-state index in [2.05, 4.69) is 35.3 Å². The number of likely N-dealkylation sites (tertiary alicyclic amines) is 1. The minimum Gasteiger partial charge on any atom is -0.371 e. The molecule has 0 saturated carbocycles. The van der Waals surface area contributed by atoms with Gasteiger partial charge in [-0.3, -0.25) is 4.79 Å². The third-order valence-electron chi connectivity index (χ3n) is 4.80. The lowest BCUT2D eigenvalue weighted by Gasteiger charge is -2.31. The monoisotopic (exact) mass is 280 g/mol. The quantitative estimate of drug-likeness (QED) is 0.830. The van der Waals surface area contributed by atoms with Crippen LogP contribution in [0.25, 0.3) is 0 Å². The second kappa shape index (κ2) is 5.06. The Labute approximate surface area is 125 Å². The van der Waals surface area contributed by atoms with Crippen LogP contribution in [0.4, 0.5) is 0 Å². The van der Waals surface area contributed by atoms with Crippen molar-refractivity contribution in [1.29, 1.82) is 0 Å². The van der Waals surface area contributed by atoms with Gasteiger partial charge in [-0.25, -0.2) is 0 Å². The summed E-state index contributed by atoms with van der Waals surface area (Å²) >= 11 is 0. The van der Waals surface area contributed by atoms with E-state index in [1.165, 1.54) is 16.8 Å². The molecule has 1 aromatic rings. The highest BCUT2D eigenvalue weighted by atomic mass is 16.2. The number of carbonyl (C=O) groups is 1. The summed E-state index contributed by atoms with van der Waals surface area (Å²) in [6, 6.07) is 6.30. The Kier molecular flexibility index (Phi) is 3.06. The minimum atomic E-state index is 0.204. The molecule has 1 aliphatic carbocycles. The second-order valence-electron chi connectivity index (χ2n) is 6.07. The number of amides is 1. The van der Waals surface area contributed by atoms with Crippen molar-refractivity contribution in [2.24, 2.45) is 0 Å². The van der Waals surface area contributed by atoms with Gasteiger partial charge >= 0.3 is 0 Å². The fraction of sp³-hybridized carbons (Fsp3) is 0.389. The first-order valence-electron chi connectivity index (χ1n) is 7.86. The van der Waals surface area contributed by atoms with Crippen LogP contribution in [0.1, 0.15) is 27.9 Å². The van der Waals surface area contributed by atoms with E-state index in [0.29, 0.717) is 0 Å². The Hall–Kier alpha value is -2.03. The molecule has 108 valence electrons. The van der Waals surface area contributed by atoms with Gasteiger partial charge in [0.25, 0.3) is 5.91 Å². The molecule has 1 fully saturated rings. The van der Waals surface area contributed by atoms with Crippen LogP contribution in [0.5, 0.6) is 0 Å². The maximum Gasteiger partial charge on any atom is 0.253 e. The summed E-state index contributed by atoms with van der Waals surface area (Å²) in [6.07, 6.45) is 9.69.